The lowest BCUT2D eigenvalue weighted by atomic mass is 10.2. The largest absolute Gasteiger partial charge is 0.472 e. The molecule has 0 bridgehead atoms. The Morgan fingerprint density at radius 3 is 2.72 bits per heavy atom. The summed E-state index contributed by atoms with van der Waals surface area (Å²) >= 11 is 0. The number of hydrogen-bond donors (Lipinski definition) is 1. The molecule has 102 valence electrons. The first-order valence-electron chi connectivity index (χ1n) is 6.42. The molecule has 0 aliphatic heterocycles. The quantitative estimate of drug-likeness (QED) is 0.744. The molecule has 5 nitrogen and oxygen atoms in total. The van der Waals surface area contributed by atoms with Crippen molar-refractivity contribution >= 4 is 0 Å². The van der Waals surface area contributed by atoms with Crippen LogP contribution in [0.15, 0.2) is 17.2 Å². The van der Waals surface area contributed by atoms with E-state index >= 15 is 0 Å². The van der Waals surface area contributed by atoms with Crippen LogP contribution in [0.3, 0.4) is 0 Å². The fraction of sp³-hybridized carbons (Fsp3) is 0.692. The van der Waals surface area contributed by atoms with E-state index in [9.17, 15) is 4.79 Å². The first-order valence-corrected chi connectivity index (χ1v) is 6.42. The van der Waals surface area contributed by atoms with Crippen molar-refractivity contribution in [3.05, 3.63) is 22.7 Å². The van der Waals surface area contributed by atoms with E-state index in [1.54, 1.807) is 17.0 Å². The standard InChI is InChI=1S/C13H23N3O2/c1-10(2)9-16-7-5-15-12(13(16)17)18-8-6-14-11(3)4/h5,7,10-11,14H,6,8-9H2,1-4H3. The Balaban J connectivity index is 2.58. The van der Waals surface area contributed by atoms with Gasteiger partial charge in [-0.15, -0.1) is 0 Å². The average Bonchev–Trinajstić information content (AvgIpc) is 2.28. The molecule has 0 fully saturated rings. The number of ether oxygens (including phenoxy) is 1. The zero-order chi connectivity index (χ0) is 13.5. The van der Waals surface area contributed by atoms with Crippen LogP contribution in [0.1, 0.15) is 27.7 Å². The molecule has 5 heteroatoms. The fourth-order valence-electron chi connectivity index (χ4n) is 1.56. The fourth-order valence-corrected chi connectivity index (χ4v) is 1.56. The van der Waals surface area contributed by atoms with Crippen LogP contribution in [0, 0.1) is 5.92 Å². The SMILES string of the molecule is CC(C)Cn1ccnc(OCCNC(C)C)c1=O. The molecular formula is C13H23N3O2. The molecule has 1 N–H and O–H groups in total. The summed E-state index contributed by atoms with van der Waals surface area (Å²) in [6.45, 7) is 10.1. The molecule has 0 radical (unpaired) electrons. The Hall–Kier alpha value is -1.36. The van der Waals surface area contributed by atoms with Crippen LogP contribution >= 0.6 is 0 Å². The summed E-state index contributed by atoms with van der Waals surface area (Å²) in [5.74, 6) is 0.601. The van der Waals surface area contributed by atoms with Crippen LogP contribution in [-0.4, -0.2) is 28.7 Å². The number of rotatable bonds is 7. The Morgan fingerprint density at radius 2 is 2.11 bits per heavy atom. The van der Waals surface area contributed by atoms with E-state index in [4.69, 9.17) is 4.74 Å². The van der Waals surface area contributed by atoms with Crippen molar-refractivity contribution in [2.45, 2.75) is 40.3 Å². The molecule has 0 atom stereocenters. The Kier molecular flexibility index (Phi) is 5.85. The lowest BCUT2D eigenvalue weighted by Gasteiger charge is -2.11. The molecular weight excluding hydrogens is 230 g/mol. The minimum atomic E-state index is -0.157. The van der Waals surface area contributed by atoms with Gasteiger partial charge in [0.05, 0.1) is 0 Å². The van der Waals surface area contributed by atoms with Crippen LogP contribution < -0.4 is 15.6 Å². The van der Waals surface area contributed by atoms with Crippen molar-refractivity contribution in [2.75, 3.05) is 13.2 Å². The van der Waals surface area contributed by atoms with Gasteiger partial charge in [0.25, 0.3) is 5.88 Å². The van der Waals surface area contributed by atoms with Gasteiger partial charge in [-0.1, -0.05) is 27.7 Å². The third-order valence-corrected chi connectivity index (χ3v) is 2.34. The van der Waals surface area contributed by atoms with Crippen molar-refractivity contribution in [1.29, 1.82) is 0 Å². The van der Waals surface area contributed by atoms with Gasteiger partial charge in [0.15, 0.2) is 0 Å². The zero-order valence-corrected chi connectivity index (χ0v) is 11.6. The summed E-state index contributed by atoms with van der Waals surface area (Å²) in [6, 6.07) is 0.412. The minimum Gasteiger partial charge on any atom is -0.472 e. The lowest BCUT2D eigenvalue weighted by molar-refractivity contribution is 0.289. The molecule has 0 aliphatic rings. The highest BCUT2D eigenvalue weighted by Crippen LogP contribution is 2.00. The highest BCUT2D eigenvalue weighted by molar-refractivity contribution is 5.04. The van der Waals surface area contributed by atoms with E-state index < -0.39 is 0 Å². The molecule has 0 saturated heterocycles. The van der Waals surface area contributed by atoms with Crippen LogP contribution in [0.4, 0.5) is 0 Å². The molecule has 0 saturated carbocycles. The van der Waals surface area contributed by atoms with Gasteiger partial charge in [-0.2, -0.15) is 0 Å². The first kappa shape index (κ1) is 14.7. The third kappa shape index (κ3) is 4.87. The third-order valence-electron chi connectivity index (χ3n) is 2.34. The summed E-state index contributed by atoms with van der Waals surface area (Å²) in [5.41, 5.74) is -0.157. The number of aromatic nitrogens is 2. The first-order chi connectivity index (χ1) is 8.50. The zero-order valence-electron chi connectivity index (χ0n) is 11.6. The summed E-state index contributed by atoms with van der Waals surface area (Å²) in [4.78, 5) is 16.0. The van der Waals surface area contributed by atoms with E-state index in [1.807, 2.05) is 0 Å². The van der Waals surface area contributed by atoms with Crippen molar-refractivity contribution in [3.63, 3.8) is 0 Å². The number of nitrogens with one attached hydrogen (secondary N) is 1. The summed E-state index contributed by atoms with van der Waals surface area (Å²) in [7, 11) is 0. The molecule has 1 rings (SSSR count). The normalized spacial score (nSPS) is 11.2. The van der Waals surface area contributed by atoms with E-state index in [2.05, 4.69) is 38.0 Å². The lowest BCUT2D eigenvalue weighted by Crippen LogP contribution is -2.30. The maximum Gasteiger partial charge on any atom is 0.313 e. The van der Waals surface area contributed by atoms with Crippen molar-refractivity contribution in [2.24, 2.45) is 5.92 Å². The van der Waals surface area contributed by atoms with Gasteiger partial charge < -0.3 is 14.6 Å². The smallest absolute Gasteiger partial charge is 0.313 e. The predicted molar refractivity (Wildman–Crippen MR) is 72.0 cm³/mol. The topological polar surface area (TPSA) is 56.1 Å². The Labute approximate surface area is 108 Å². The van der Waals surface area contributed by atoms with Crippen LogP contribution in [0.5, 0.6) is 5.88 Å². The molecule has 1 aromatic rings. The molecule has 1 heterocycles. The molecule has 0 aliphatic carbocycles. The second-order valence-electron chi connectivity index (χ2n) is 5.04. The van der Waals surface area contributed by atoms with Crippen LogP contribution in [0.2, 0.25) is 0 Å². The molecule has 0 unspecified atom stereocenters. The minimum absolute atomic E-state index is 0.157. The second-order valence-corrected chi connectivity index (χ2v) is 5.04. The summed E-state index contributed by atoms with van der Waals surface area (Å²) < 4.78 is 7.04. The van der Waals surface area contributed by atoms with Gasteiger partial charge in [-0.25, -0.2) is 4.98 Å². The van der Waals surface area contributed by atoms with Crippen molar-refractivity contribution in [1.82, 2.24) is 14.9 Å². The van der Waals surface area contributed by atoms with E-state index in [0.29, 0.717) is 31.7 Å². The predicted octanol–water partition coefficient (Wildman–Crippen LogP) is 1.28. The Morgan fingerprint density at radius 1 is 1.39 bits per heavy atom. The van der Waals surface area contributed by atoms with Gasteiger partial charge in [-0.3, -0.25) is 4.79 Å². The second kappa shape index (κ2) is 7.16. The molecule has 0 spiro atoms. The van der Waals surface area contributed by atoms with Crippen LogP contribution in [0.25, 0.3) is 0 Å². The average molecular weight is 253 g/mol. The molecule has 0 aromatic carbocycles. The maximum absolute atomic E-state index is 12.0. The van der Waals surface area contributed by atoms with Gasteiger partial charge in [0.2, 0.25) is 0 Å². The van der Waals surface area contributed by atoms with E-state index in [0.717, 1.165) is 0 Å². The molecule has 1 aromatic heterocycles. The van der Waals surface area contributed by atoms with Gasteiger partial charge in [-0.05, 0) is 5.92 Å². The molecule has 18 heavy (non-hydrogen) atoms. The Bertz CT molecular complexity index is 413. The number of nitrogens with zero attached hydrogens (tertiary/aromatic N) is 2. The van der Waals surface area contributed by atoms with E-state index in [1.165, 1.54) is 0 Å². The number of hydrogen-bond acceptors (Lipinski definition) is 4. The van der Waals surface area contributed by atoms with Crippen molar-refractivity contribution < 1.29 is 4.74 Å². The van der Waals surface area contributed by atoms with Gasteiger partial charge in [0.1, 0.15) is 6.61 Å². The highest BCUT2D eigenvalue weighted by atomic mass is 16.5. The molecule has 0 amide bonds. The van der Waals surface area contributed by atoms with Gasteiger partial charge in [0, 0.05) is 31.5 Å². The maximum atomic E-state index is 12.0. The monoisotopic (exact) mass is 253 g/mol. The highest BCUT2D eigenvalue weighted by Gasteiger charge is 2.07. The van der Waals surface area contributed by atoms with Crippen LogP contribution in [-0.2, 0) is 6.54 Å². The summed E-state index contributed by atoms with van der Waals surface area (Å²) in [6.07, 6.45) is 3.30. The van der Waals surface area contributed by atoms with Gasteiger partial charge >= 0.3 is 5.56 Å². The summed E-state index contributed by atoms with van der Waals surface area (Å²) in [5, 5.41) is 3.22. The van der Waals surface area contributed by atoms with Crippen molar-refractivity contribution in [3.8, 4) is 5.88 Å². The van der Waals surface area contributed by atoms with E-state index in [-0.39, 0.29) is 11.4 Å².